The molecule has 0 spiro atoms. The Labute approximate surface area is 59.9 Å². The van der Waals surface area contributed by atoms with Crippen molar-refractivity contribution >= 4 is 6.09 Å². The average Bonchev–Trinajstić information content (AvgIpc) is 1.82. The lowest BCUT2D eigenvalue weighted by Crippen LogP contribution is -2.59. The Morgan fingerprint density at radius 2 is 2.30 bits per heavy atom. The van der Waals surface area contributed by atoms with E-state index in [9.17, 15) is 4.79 Å². The molecule has 0 atom stereocenters. The van der Waals surface area contributed by atoms with Gasteiger partial charge in [-0.2, -0.15) is 0 Å². The predicted octanol–water partition coefficient (Wildman–Crippen LogP) is 1.31. The number of nitrogens with zero attached hydrogens (tertiary/aromatic N) is 1. The van der Waals surface area contributed by atoms with Crippen molar-refractivity contribution in [2.75, 3.05) is 6.54 Å². The van der Waals surface area contributed by atoms with E-state index in [4.69, 9.17) is 5.11 Å². The minimum Gasteiger partial charge on any atom is -0.465 e. The first-order valence-corrected chi connectivity index (χ1v) is 3.15. The second-order valence-electron chi connectivity index (χ2n) is 3.03. The summed E-state index contributed by atoms with van der Waals surface area (Å²) in [5.41, 5.74) is 0.640. The summed E-state index contributed by atoms with van der Waals surface area (Å²) in [5, 5.41) is 8.57. The number of likely N-dealkylation sites (tertiary alicyclic amines) is 1. The van der Waals surface area contributed by atoms with Crippen molar-refractivity contribution in [1.29, 1.82) is 0 Å². The summed E-state index contributed by atoms with van der Waals surface area (Å²) in [6.45, 7) is 7.94. The third-order valence-electron chi connectivity index (χ3n) is 2.12. The maximum Gasteiger partial charge on any atom is 0.408 e. The summed E-state index contributed by atoms with van der Waals surface area (Å²) in [5.74, 6) is 0. The molecule has 0 radical (unpaired) electrons. The van der Waals surface area contributed by atoms with Gasteiger partial charge in [-0.05, 0) is 19.4 Å². The zero-order valence-electron chi connectivity index (χ0n) is 6.22. The molecule has 1 N–H and O–H groups in total. The molecule has 0 unspecified atom stereocenters. The van der Waals surface area contributed by atoms with Crippen LogP contribution in [0.2, 0.25) is 0 Å². The van der Waals surface area contributed by atoms with Gasteiger partial charge in [0, 0.05) is 6.54 Å². The zero-order chi connectivity index (χ0) is 7.94. The van der Waals surface area contributed by atoms with Gasteiger partial charge in [0.25, 0.3) is 0 Å². The van der Waals surface area contributed by atoms with E-state index in [1.807, 2.05) is 13.8 Å². The summed E-state index contributed by atoms with van der Waals surface area (Å²) >= 11 is 0. The van der Waals surface area contributed by atoms with Crippen LogP contribution in [-0.4, -0.2) is 28.2 Å². The van der Waals surface area contributed by atoms with Gasteiger partial charge in [0.15, 0.2) is 0 Å². The molecule has 56 valence electrons. The molecular formula is C7H11NO2. The number of amides is 1. The molecule has 1 heterocycles. The summed E-state index contributed by atoms with van der Waals surface area (Å²) in [4.78, 5) is 11.8. The molecule has 0 aliphatic carbocycles. The number of carbonyl (C=O) groups is 1. The molecule has 0 aromatic rings. The molecule has 3 nitrogen and oxygen atoms in total. The minimum absolute atomic E-state index is 0.341. The van der Waals surface area contributed by atoms with Crippen molar-refractivity contribution in [2.24, 2.45) is 0 Å². The number of rotatable bonds is 0. The summed E-state index contributed by atoms with van der Waals surface area (Å²) in [6, 6.07) is 0. The van der Waals surface area contributed by atoms with Crippen molar-refractivity contribution < 1.29 is 9.90 Å². The van der Waals surface area contributed by atoms with Gasteiger partial charge in [0.2, 0.25) is 0 Å². The molecule has 3 heteroatoms. The van der Waals surface area contributed by atoms with Crippen LogP contribution in [-0.2, 0) is 0 Å². The van der Waals surface area contributed by atoms with Crippen molar-refractivity contribution in [2.45, 2.75) is 19.4 Å². The third kappa shape index (κ3) is 0.701. The number of hydrogen-bond donors (Lipinski definition) is 1. The average molecular weight is 141 g/mol. The van der Waals surface area contributed by atoms with E-state index in [1.54, 1.807) is 0 Å². The second kappa shape index (κ2) is 1.75. The van der Waals surface area contributed by atoms with Crippen LogP contribution in [0.5, 0.6) is 0 Å². The molecule has 1 aliphatic rings. The minimum atomic E-state index is -0.864. The van der Waals surface area contributed by atoms with Crippen LogP contribution < -0.4 is 0 Å². The Kier molecular flexibility index (Phi) is 1.24. The highest BCUT2D eigenvalue weighted by molar-refractivity contribution is 5.70. The van der Waals surface area contributed by atoms with Gasteiger partial charge >= 0.3 is 6.09 Å². The van der Waals surface area contributed by atoms with Gasteiger partial charge in [-0.1, -0.05) is 6.58 Å². The van der Waals surface area contributed by atoms with Crippen molar-refractivity contribution in [3.8, 4) is 0 Å². The van der Waals surface area contributed by atoms with Crippen molar-refractivity contribution in [3.63, 3.8) is 0 Å². The van der Waals surface area contributed by atoms with Crippen LogP contribution in [0.4, 0.5) is 4.79 Å². The quantitative estimate of drug-likeness (QED) is 0.517. The molecule has 1 saturated heterocycles. The summed E-state index contributed by atoms with van der Waals surface area (Å²) < 4.78 is 0. The fourth-order valence-electron chi connectivity index (χ4n) is 0.988. The Hall–Kier alpha value is -0.990. The highest BCUT2D eigenvalue weighted by atomic mass is 16.4. The topological polar surface area (TPSA) is 40.5 Å². The SMILES string of the molecule is C=C1CN(C(=O)O)C1(C)C. The van der Waals surface area contributed by atoms with Crippen LogP contribution in [0, 0.1) is 0 Å². The lowest BCUT2D eigenvalue weighted by molar-refractivity contribution is 0.0742. The molecule has 1 rings (SSSR count). The zero-order valence-corrected chi connectivity index (χ0v) is 6.22. The van der Waals surface area contributed by atoms with Crippen LogP contribution in [0.25, 0.3) is 0 Å². The molecule has 10 heavy (non-hydrogen) atoms. The first-order valence-electron chi connectivity index (χ1n) is 3.15. The van der Waals surface area contributed by atoms with Crippen molar-refractivity contribution in [1.82, 2.24) is 4.90 Å². The maximum absolute atomic E-state index is 10.4. The van der Waals surface area contributed by atoms with E-state index >= 15 is 0 Å². The van der Waals surface area contributed by atoms with Crippen LogP contribution in [0.15, 0.2) is 12.2 Å². The molecule has 1 fully saturated rings. The summed E-state index contributed by atoms with van der Waals surface area (Å²) in [6.07, 6.45) is -0.864. The molecule has 1 amide bonds. The van der Waals surface area contributed by atoms with Gasteiger partial charge < -0.3 is 5.11 Å². The lowest BCUT2D eigenvalue weighted by atomic mass is 9.84. The lowest BCUT2D eigenvalue weighted by Gasteiger charge is -2.48. The second-order valence-corrected chi connectivity index (χ2v) is 3.03. The van der Waals surface area contributed by atoms with Crippen LogP contribution in [0.1, 0.15) is 13.8 Å². The standard InChI is InChI=1S/C7H11NO2/c1-5-4-8(6(9)10)7(5,2)3/h1,4H2,2-3H3,(H,9,10). The van der Waals surface area contributed by atoms with Gasteiger partial charge in [0.05, 0.1) is 5.54 Å². The Morgan fingerprint density at radius 3 is 2.40 bits per heavy atom. The largest absolute Gasteiger partial charge is 0.465 e. The molecule has 0 aromatic carbocycles. The Morgan fingerprint density at radius 1 is 1.80 bits per heavy atom. The Balaban J connectivity index is 2.72. The Bertz CT molecular complexity index is 196. The fourth-order valence-corrected chi connectivity index (χ4v) is 0.988. The van der Waals surface area contributed by atoms with Crippen molar-refractivity contribution in [3.05, 3.63) is 12.2 Å². The van der Waals surface area contributed by atoms with E-state index in [-0.39, 0.29) is 5.54 Å². The third-order valence-corrected chi connectivity index (χ3v) is 2.12. The number of carboxylic acid groups (broad SMARTS) is 1. The first-order chi connectivity index (χ1) is 4.46. The van der Waals surface area contributed by atoms with E-state index in [1.165, 1.54) is 4.90 Å². The van der Waals surface area contributed by atoms with E-state index in [2.05, 4.69) is 6.58 Å². The van der Waals surface area contributed by atoms with E-state index in [0.29, 0.717) is 6.54 Å². The molecule has 0 bridgehead atoms. The first kappa shape index (κ1) is 7.12. The van der Waals surface area contributed by atoms with E-state index < -0.39 is 6.09 Å². The monoisotopic (exact) mass is 141 g/mol. The van der Waals surface area contributed by atoms with Gasteiger partial charge in [-0.25, -0.2) is 4.79 Å². The van der Waals surface area contributed by atoms with Gasteiger partial charge in [-0.3, -0.25) is 4.90 Å². The highest BCUT2D eigenvalue weighted by Crippen LogP contribution is 2.33. The van der Waals surface area contributed by atoms with Gasteiger partial charge in [0.1, 0.15) is 0 Å². The summed E-state index contributed by atoms with van der Waals surface area (Å²) in [7, 11) is 0. The molecule has 0 aromatic heterocycles. The fraction of sp³-hybridized carbons (Fsp3) is 0.571. The van der Waals surface area contributed by atoms with Gasteiger partial charge in [-0.15, -0.1) is 0 Å². The van der Waals surface area contributed by atoms with Crippen LogP contribution >= 0.6 is 0 Å². The molecule has 1 aliphatic heterocycles. The van der Waals surface area contributed by atoms with Crippen LogP contribution in [0.3, 0.4) is 0 Å². The maximum atomic E-state index is 10.4. The predicted molar refractivity (Wildman–Crippen MR) is 37.9 cm³/mol. The van der Waals surface area contributed by atoms with E-state index in [0.717, 1.165) is 5.57 Å². The number of hydrogen-bond acceptors (Lipinski definition) is 1. The smallest absolute Gasteiger partial charge is 0.408 e. The molecular weight excluding hydrogens is 130 g/mol. The normalized spacial score (nSPS) is 22.2. The molecule has 0 saturated carbocycles. The highest BCUT2D eigenvalue weighted by Gasteiger charge is 2.42.